The molecule has 3 aromatic carbocycles. The number of thioether (sulfide) groups is 1. The fraction of sp³-hybridized carbons (Fsp3) is 0.130. The Balaban J connectivity index is 1.61. The molecular formula is C23H17ClF3N3S. The van der Waals surface area contributed by atoms with Crippen molar-refractivity contribution in [1.82, 2.24) is 14.8 Å². The molecule has 0 fully saturated rings. The third kappa shape index (κ3) is 5.48. The van der Waals surface area contributed by atoms with Gasteiger partial charge in [0.2, 0.25) is 0 Å². The topological polar surface area (TPSA) is 30.7 Å². The van der Waals surface area contributed by atoms with E-state index in [4.69, 9.17) is 11.6 Å². The fourth-order valence-corrected chi connectivity index (χ4v) is 4.48. The fourth-order valence-electron chi connectivity index (χ4n) is 3.15. The van der Waals surface area contributed by atoms with Gasteiger partial charge >= 0.3 is 6.18 Å². The molecular weight excluding hydrogens is 443 g/mol. The normalized spacial score (nSPS) is 12.6. The van der Waals surface area contributed by atoms with E-state index >= 15 is 0 Å². The van der Waals surface area contributed by atoms with Crippen molar-refractivity contribution >= 4 is 23.4 Å². The second kappa shape index (κ2) is 9.16. The second-order valence-electron chi connectivity index (χ2n) is 6.88. The minimum Gasteiger partial charge on any atom is -0.252 e. The lowest BCUT2D eigenvalue weighted by atomic mass is 10.0. The summed E-state index contributed by atoms with van der Waals surface area (Å²) < 4.78 is 41.1. The number of alkyl halides is 3. The standard InChI is InChI=1S/C23H17ClF3N3S/c24-20-10-8-17(9-11-20)16-4-6-18(7-5-16)22(13-30-15-28-14-29-30)31-21-3-1-2-19(12-21)23(25,26)27/h1-12,14-15,22H,13H2. The van der Waals surface area contributed by atoms with Gasteiger partial charge in [-0.2, -0.15) is 18.3 Å². The number of nitrogens with zero attached hydrogens (tertiary/aromatic N) is 3. The van der Waals surface area contributed by atoms with E-state index in [1.165, 1.54) is 30.2 Å². The molecule has 0 radical (unpaired) electrons. The Kier molecular flexibility index (Phi) is 6.34. The zero-order valence-electron chi connectivity index (χ0n) is 16.1. The average Bonchev–Trinajstić information content (AvgIpc) is 3.27. The van der Waals surface area contributed by atoms with Crippen molar-refractivity contribution in [1.29, 1.82) is 0 Å². The van der Waals surface area contributed by atoms with Crippen LogP contribution >= 0.6 is 23.4 Å². The van der Waals surface area contributed by atoms with Crippen LogP contribution in [0.4, 0.5) is 13.2 Å². The van der Waals surface area contributed by atoms with Gasteiger partial charge < -0.3 is 0 Å². The molecule has 4 rings (SSSR count). The zero-order valence-corrected chi connectivity index (χ0v) is 17.7. The summed E-state index contributed by atoms with van der Waals surface area (Å²) in [7, 11) is 0. The van der Waals surface area contributed by atoms with Crippen molar-refractivity contribution < 1.29 is 13.2 Å². The van der Waals surface area contributed by atoms with Gasteiger partial charge in [0.05, 0.1) is 17.4 Å². The summed E-state index contributed by atoms with van der Waals surface area (Å²) in [6.07, 6.45) is -1.34. The monoisotopic (exact) mass is 459 g/mol. The van der Waals surface area contributed by atoms with E-state index in [1.807, 2.05) is 48.5 Å². The molecule has 0 N–H and O–H groups in total. The highest BCUT2D eigenvalue weighted by atomic mass is 35.5. The van der Waals surface area contributed by atoms with Crippen LogP contribution in [0.1, 0.15) is 16.4 Å². The highest BCUT2D eigenvalue weighted by Crippen LogP contribution is 2.39. The van der Waals surface area contributed by atoms with Gasteiger partial charge in [-0.3, -0.25) is 4.68 Å². The number of rotatable bonds is 6. The molecule has 3 nitrogen and oxygen atoms in total. The maximum Gasteiger partial charge on any atom is 0.416 e. The quantitative estimate of drug-likeness (QED) is 0.287. The Bertz CT molecular complexity index is 1130. The molecule has 31 heavy (non-hydrogen) atoms. The van der Waals surface area contributed by atoms with Gasteiger partial charge in [-0.05, 0) is 47.0 Å². The lowest BCUT2D eigenvalue weighted by molar-refractivity contribution is -0.137. The summed E-state index contributed by atoms with van der Waals surface area (Å²) >= 11 is 7.33. The first-order valence-electron chi connectivity index (χ1n) is 9.41. The van der Waals surface area contributed by atoms with Crippen LogP contribution in [0, 0.1) is 0 Å². The first-order valence-corrected chi connectivity index (χ1v) is 10.7. The van der Waals surface area contributed by atoms with Crippen molar-refractivity contribution in [2.24, 2.45) is 0 Å². The van der Waals surface area contributed by atoms with E-state index in [2.05, 4.69) is 10.1 Å². The summed E-state index contributed by atoms with van der Waals surface area (Å²) in [5.74, 6) is 0. The third-order valence-electron chi connectivity index (χ3n) is 4.72. The molecule has 0 saturated carbocycles. The van der Waals surface area contributed by atoms with Gasteiger partial charge in [-0.15, -0.1) is 11.8 Å². The van der Waals surface area contributed by atoms with Gasteiger partial charge in [0.15, 0.2) is 0 Å². The predicted molar refractivity (Wildman–Crippen MR) is 117 cm³/mol. The van der Waals surface area contributed by atoms with Gasteiger partial charge in [-0.25, -0.2) is 4.98 Å². The molecule has 4 aromatic rings. The van der Waals surface area contributed by atoms with E-state index < -0.39 is 11.7 Å². The molecule has 1 atom stereocenters. The van der Waals surface area contributed by atoms with E-state index in [-0.39, 0.29) is 5.25 Å². The van der Waals surface area contributed by atoms with Crippen molar-refractivity contribution in [3.8, 4) is 11.1 Å². The van der Waals surface area contributed by atoms with Crippen LogP contribution in [-0.4, -0.2) is 14.8 Å². The molecule has 0 saturated heterocycles. The average molecular weight is 460 g/mol. The Hall–Kier alpha value is -2.77. The van der Waals surface area contributed by atoms with Crippen LogP contribution < -0.4 is 0 Å². The Morgan fingerprint density at radius 2 is 1.61 bits per heavy atom. The van der Waals surface area contributed by atoms with Gasteiger partial charge in [0.25, 0.3) is 0 Å². The van der Waals surface area contributed by atoms with Gasteiger partial charge in [0.1, 0.15) is 12.7 Å². The van der Waals surface area contributed by atoms with Crippen LogP contribution in [0.3, 0.4) is 0 Å². The first kappa shape index (κ1) is 21.5. The molecule has 0 aliphatic heterocycles. The Morgan fingerprint density at radius 1 is 0.935 bits per heavy atom. The van der Waals surface area contributed by atoms with Crippen molar-refractivity contribution in [3.63, 3.8) is 0 Å². The highest BCUT2D eigenvalue weighted by Gasteiger charge is 2.30. The lowest BCUT2D eigenvalue weighted by Gasteiger charge is -2.18. The molecule has 0 aliphatic carbocycles. The smallest absolute Gasteiger partial charge is 0.252 e. The summed E-state index contributed by atoms with van der Waals surface area (Å²) in [5, 5.41) is 4.68. The molecule has 8 heteroatoms. The number of halogens is 4. The Morgan fingerprint density at radius 3 is 2.23 bits per heavy atom. The molecule has 1 heterocycles. The summed E-state index contributed by atoms with van der Waals surface area (Å²) in [6.45, 7) is 0.473. The Labute approximate surface area is 186 Å². The SMILES string of the molecule is FC(F)(F)c1cccc(SC(Cn2cncn2)c2ccc(-c3ccc(Cl)cc3)cc2)c1. The summed E-state index contributed by atoms with van der Waals surface area (Å²) in [5.41, 5.74) is 2.39. The molecule has 1 aromatic heterocycles. The molecule has 1 unspecified atom stereocenters. The minimum absolute atomic E-state index is 0.149. The zero-order chi connectivity index (χ0) is 21.8. The largest absolute Gasteiger partial charge is 0.416 e. The summed E-state index contributed by atoms with van der Waals surface area (Å²) in [6, 6.07) is 20.9. The molecule has 0 bridgehead atoms. The predicted octanol–water partition coefficient (Wildman–Crippen LogP) is 7.15. The first-order chi connectivity index (χ1) is 14.9. The van der Waals surface area contributed by atoms with Crippen molar-refractivity contribution in [2.45, 2.75) is 22.9 Å². The van der Waals surface area contributed by atoms with Gasteiger partial charge in [0, 0.05) is 9.92 Å². The van der Waals surface area contributed by atoms with Crippen LogP contribution in [0.5, 0.6) is 0 Å². The van der Waals surface area contributed by atoms with Crippen LogP contribution in [-0.2, 0) is 12.7 Å². The number of benzene rings is 3. The second-order valence-corrected chi connectivity index (χ2v) is 8.59. The lowest BCUT2D eigenvalue weighted by Crippen LogP contribution is -2.08. The van der Waals surface area contributed by atoms with Gasteiger partial charge in [-0.1, -0.05) is 54.1 Å². The minimum atomic E-state index is -4.38. The molecule has 158 valence electrons. The molecule has 0 aliphatic rings. The van der Waals surface area contributed by atoms with E-state index in [0.29, 0.717) is 16.5 Å². The highest BCUT2D eigenvalue weighted by molar-refractivity contribution is 7.99. The third-order valence-corrected chi connectivity index (χ3v) is 6.20. The van der Waals surface area contributed by atoms with Crippen LogP contribution in [0.15, 0.2) is 90.3 Å². The summed E-state index contributed by atoms with van der Waals surface area (Å²) in [4.78, 5) is 4.51. The molecule has 0 spiro atoms. The van der Waals surface area contributed by atoms with Crippen molar-refractivity contribution in [2.75, 3.05) is 0 Å². The van der Waals surface area contributed by atoms with E-state index in [1.54, 1.807) is 17.1 Å². The maximum absolute atomic E-state index is 13.1. The van der Waals surface area contributed by atoms with E-state index in [9.17, 15) is 13.2 Å². The van der Waals surface area contributed by atoms with Crippen molar-refractivity contribution in [3.05, 3.63) is 102 Å². The number of aromatic nitrogens is 3. The molecule has 0 amide bonds. The van der Waals surface area contributed by atoms with Crippen LogP contribution in [0.25, 0.3) is 11.1 Å². The number of hydrogen-bond donors (Lipinski definition) is 0. The van der Waals surface area contributed by atoms with Crippen LogP contribution in [0.2, 0.25) is 5.02 Å². The van der Waals surface area contributed by atoms with E-state index in [0.717, 1.165) is 22.8 Å². The maximum atomic E-state index is 13.1. The number of hydrogen-bond acceptors (Lipinski definition) is 3.